The van der Waals surface area contributed by atoms with Crippen LogP contribution in [0.4, 0.5) is 0 Å². The molecular formula is C21H26N2O3. The highest BCUT2D eigenvalue weighted by atomic mass is 16.5. The predicted octanol–water partition coefficient (Wildman–Crippen LogP) is 3.79. The second-order valence-electron chi connectivity index (χ2n) is 6.35. The van der Waals surface area contributed by atoms with Crippen molar-refractivity contribution in [1.82, 2.24) is 9.88 Å². The lowest BCUT2D eigenvalue weighted by Crippen LogP contribution is -2.33. The van der Waals surface area contributed by atoms with E-state index in [2.05, 4.69) is 28.1 Å². The van der Waals surface area contributed by atoms with Gasteiger partial charge in [-0.2, -0.15) is 0 Å². The molecule has 1 aromatic carbocycles. The first kappa shape index (κ1) is 18.3. The number of aromatic nitrogens is 1. The number of rotatable bonds is 8. The Bertz CT molecular complexity index is 718. The summed E-state index contributed by atoms with van der Waals surface area (Å²) in [5.74, 6) is 1.53. The van der Waals surface area contributed by atoms with Gasteiger partial charge in [0.05, 0.1) is 26.2 Å². The monoisotopic (exact) mass is 354 g/mol. The van der Waals surface area contributed by atoms with Gasteiger partial charge in [0.15, 0.2) is 11.5 Å². The SMILES string of the molecule is COc1cccc(CN(Cc2ccccn2)CC2CCC=CO2)c1OC. The Morgan fingerprint density at radius 3 is 2.73 bits per heavy atom. The van der Waals surface area contributed by atoms with Gasteiger partial charge in [0.1, 0.15) is 6.10 Å². The van der Waals surface area contributed by atoms with Crippen LogP contribution in [0.5, 0.6) is 11.5 Å². The van der Waals surface area contributed by atoms with E-state index < -0.39 is 0 Å². The molecule has 0 amide bonds. The van der Waals surface area contributed by atoms with Gasteiger partial charge >= 0.3 is 0 Å². The van der Waals surface area contributed by atoms with E-state index in [9.17, 15) is 0 Å². The second kappa shape index (κ2) is 9.25. The molecule has 2 aromatic rings. The molecule has 2 heterocycles. The number of ether oxygens (including phenoxy) is 3. The zero-order valence-electron chi connectivity index (χ0n) is 15.4. The Morgan fingerprint density at radius 2 is 2.04 bits per heavy atom. The number of hydrogen-bond acceptors (Lipinski definition) is 5. The number of pyridine rings is 1. The summed E-state index contributed by atoms with van der Waals surface area (Å²) in [6.45, 7) is 2.33. The largest absolute Gasteiger partial charge is 0.497 e. The van der Waals surface area contributed by atoms with Crippen LogP contribution in [0.15, 0.2) is 54.9 Å². The molecule has 5 nitrogen and oxygen atoms in total. The minimum absolute atomic E-state index is 0.195. The zero-order chi connectivity index (χ0) is 18.2. The average Bonchev–Trinajstić information content (AvgIpc) is 2.69. The number of allylic oxidation sites excluding steroid dienone is 1. The smallest absolute Gasteiger partial charge is 0.165 e. The number of para-hydroxylation sites is 1. The maximum atomic E-state index is 5.79. The number of benzene rings is 1. The highest BCUT2D eigenvalue weighted by molar-refractivity contribution is 5.46. The molecule has 0 radical (unpaired) electrons. The van der Waals surface area contributed by atoms with E-state index in [1.165, 1.54) is 0 Å². The van der Waals surface area contributed by atoms with E-state index in [1.54, 1.807) is 14.2 Å². The van der Waals surface area contributed by atoms with Gasteiger partial charge in [0.25, 0.3) is 0 Å². The Kier molecular flexibility index (Phi) is 6.50. The summed E-state index contributed by atoms with van der Waals surface area (Å²) in [5.41, 5.74) is 2.13. The van der Waals surface area contributed by atoms with Crippen LogP contribution < -0.4 is 9.47 Å². The first-order chi connectivity index (χ1) is 12.8. The van der Waals surface area contributed by atoms with Crippen molar-refractivity contribution in [2.75, 3.05) is 20.8 Å². The van der Waals surface area contributed by atoms with E-state index >= 15 is 0 Å². The van der Waals surface area contributed by atoms with Crippen LogP contribution in [0.2, 0.25) is 0 Å². The molecule has 0 bridgehead atoms. The molecule has 1 unspecified atom stereocenters. The minimum atomic E-state index is 0.195. The first-order valence-electron chi connectivity index (χ1n) is 8.92. The maximum Gasteiger partial charge on any atom is 0.165 e. The van der Waals surface area contributed by atoms with Crippen molar-refractivity contribution in [3.05, 3.63) is 66.2 Å². The van der Waals surface area contributed by atoms with Gasteiger partial charge in [-0.25, -0.2) is 0 Å². The van der Waals surface area contributed by atoms with Crippen LogP contribution in [0, 0.1) is 0 Å². The summed E-state index contributed by atoms with van der Waals surface area (Å²) in [4.78, 5) is 6.83. The molecule has 0 saturated carbocycles. The molecule has 3 rings (SSSR count). The molecule has 1 aliphatic heterocycles. The first-order valence-corrected chi connectivity index (χ1v) is 8.92. The molecule has 5 heteroatoms. The van der Waals surface area contributed by atoms with Crippen LogP contribution in [-0.4, -0.2) is 36.8 Å². The third-order valence-corrected chi connectivity index (χ3v) is 4.47. The van der Waals surface area contributed by atoms with Gasteiger partial charge in [0, 0.05) is 31.4 Å². The lowest BCUT2D eigenvalue weighted by atomic mass is 10.1. The number of methoxy groups -OCH3 is 2. The topological polar surface area (TPSA) is 43.8 Å². The molecule has 0 fully saturated rings. The fourth-order valence-corrected chi connectivity index (χ4v) is 3.23. The van der Waals surface area contributed by atoms with Crippen LogP contribution >= 0.6 is 0 Å². The molecule has 0 spiro atoms. The van der Waals surface area contributed by atoms with Crippen LogP contribution in [0.25, 0.3) is 0 Å². The van der Waals surface area contributed by atoms with Gasteiger partial charge in [-0.15, -0.1) is 0 Å². The van der Waals surface area contributed by atoms with Crippen molar-refractivity contribution >= 4 is 0 Å². The lowest BCUT2D eigenvalue weighted by Gasteiger charge is -2.29. The molecule has 138 valence electrons. The summed E-state index contributed by atoms with van der Waals surface area (Å²) in [6.07, 6.45) is 8.01. The second-order valence-corrected chi connectivity index (χ2v) is 6.35. The van der Waals surface area contributed by atoms with Gasteiger partial charge in [-0.1, -0.05) is 18.2 Å². The fraction of sp³-hybridized carbons (Fsp3) is 0.381. The van der Waals surface area contributed by atoms with Crippen molar-refractivity contribution in [2.24, 2.45) is 0 Å². The van der Waals surface area contributed by atoms with Gasteiger partial charge in [-0.05, 0) is 37.1 Å². The van der Waals surface area contributed by atoms with E-state index in [0.717, 1.165) is 55.2 Å². The highest BCUT2D eigenvalue weighted by Crippen LogP contribution is 2.32. The van der Waals surface area contributed by atoms with E-state index in [-0.39, 0.29) is 6.10 Å². The molecule has 1 aliphatic rings. The van der Waals surface area contributed by atoms with Gasteiger partial charge in [-0.3, -0.25) is 9.88 Å². The van der Waals surface area contributed by atoms with Gasteiger partial charge in [0.2, 0.25) is 0 Å². The molecule has 0 N–H and O–H groups in total. The van der Waals surface area contributed by atoms with Crippen LogP contribution in [-0.2, 0) is 17.8 Å². The Morgan fingerprint density at radius 1 is 1.12 bits per heavy atom. The normalized spacial score (nSPS) is 16.3. The number of nitrogens with zero attached hydrogens (tertiary/aromatic N) is 2. The van der Waals surface area contributed by atoms with Gasteiger partial charge < -0.3 is 14.2 Å². The zero-order valence-corrected chi connectivity index (χ0v) is 15.4. The molecule has 26 heavy (non-hydrogen) atoms. The standard InChI is InChI=1S/C21H26N2O3/c1-24-20-11-7-8-17(21(20)25-2)14-23(15-18-9-3-5-12-22-18)16-19-10-4-6-13-26-19/h3,5-9,11-13,19H,4,10,14-16H2,1-2H3. The minimum Gasteiger partial charge on any atom is -0.497 e. The third kappa shape index (κ3) is 4.76. The third-order valence-electron chi connectivity index (χ3n) is 4.47. The van der Waals surface area contributed by atoms with Crippen molar-refractivity contribution in [1.29, 1.82) is 0 Å². The van der Waals surface area contributed by atoms with Crippen LogP contribution in [0.3, 0.4) is 0 Å². The van der Waals surface area contributed by atoms with E-state index in [0.29, 0.717) is 0 Å². The molecule has 1 aromatic heterocycles. The molecule has 0 aliphatic carbocycles. The Balaban J connectivity index is 1.79. The van der Waals surface area contributed by atoms with E-state index in [4.69, 9.17) is 14.2 Å². The average molecular weight is 354 g/mol. The van der Waals surface area contributed by atoms with Crippen molar-refractivity contribution in [3.8, 4) is 11.5 Å². The molecular weight excluding hydrogens is 328 g/mol. The number of hydrogen-bond donors (Lipinski definition) is 0. The Labute approximate surface area is 155 Å². The summed E-state index contributed by atoms with van der Waals surface area (Å²) in [5, 5.41) is 0. The molecule has 0 saturated heterocycles. The summed E-state index contributed by atoms with van der Waals surface area (Å²) < 4.78 is 16.8. The molecule has 1 atom stereocenters. The summed E-state index contributed by atoms with van der Waals surface area (Å²) in [7, 11) is 3.34. The van der Waals surface area contributed by atoms with Crippen molar-refractivity contribution in [3.63, 3.8) is 0 Å². The van der Waals surface area contributed by atoms with E-state index in [1.807, 2.05) is 36.7 Å². The quantitative estimate of drug-likeness (QED) is 0.721. The van der Waals surface area contributed by atoms with Crippen molar-refractivity contribution in [2.45, 2.75) is 32.0 Å². The summed E-state index contributed by atoms with van der Waals surface area (Å²) in [6, 6.07) is 12.0. The highest BCUT2D eigenvalue weighted by Gasteiger charge is 2.19. The van der Waals surface area contributed by atoms with Crippen molar-refractivity contribution < 1.29 is 14.2 Å². The predicted molar refractivity (Wildman–Crippen MR) is 101 cm³/mol. The maximum absolute atomic E-state index is 5.79. The lowest BCUT2D eigenvalue weighted by molar-refractivity contribution is 0.0720. The summed E-state index contributed by atoms with van der Waals surface area (Å²) >= 11 is 0. The van der Waals surface area contributed by atoms with Crippen LogP contribution in [0.1, 0.15) is 24.1 Å². The fourth-order valence-electron chi connectivity index (χ4n) is 3.23. The Hall–Kier alpha value is -2.53.